The summed E-state index contributed by atoms with van der Waals surface area (Å²) in [4.78, 5) is 4.02. The zero-order chi connectivity index (χ0) is 14.8. The van der Waals surface area contributed by atoms with Crippen molar-refractivity contribution in [3.8, 4) is 5.75 Å². The van der Waals surface area contributed by atoms with Gasteiger partial charge in [0.05, 0.1) is 19.3 Å². The molecule has 0 aliphatic carbocycles. The van der Waals surface area contributed by atoms with Gasteiger partial charge in [-0.25, -0.2) is 0 Å². The summed E-state index contributed by atoms with van der Waals surface area (Å²) in [6.45, 7) is 0.580. The summed E-state index contributed by atoms with van der Waals surface area (Å²) in [5.74, 6) is 0.768. The van der Waals surface area contributed by atoms with Crippen LogP contribution in [-0.2, 0) is 6.54 Å². The molecule has 108 valence electrons. The van der Waals surface area contributed by atoms with Gasteiger partial charge in [0.25, 0.3) is 0 Å². The van der Waals surface area contributed by atoms with Gasteiger partial charge in [0.15, 0.2) is 0 Å². The van der Waals surface area contributed by atoms with Gasteiger partial charge in [-0.1, -0.05) is 11.6 Å². The predicted molar refractivity (Wildman–Crippen MR) is 84.9 cm³/mol. The van der Waals surface area contributed by atoms with E-state index in [1.165, 1.54) is 4.53 Å². The first-order valence-electron chi connectivity index (χ1n) is 6.36. The minimum Gasteiger partial charge on any atom is -0.497 e. The Labute approximate surface area is 133 Å². The summed E-state index contributed by atoms with van der Waals surface area (Å²) in [6.07, 6.45) is 5.33. The fourth-order valence-electron chi connectivity index (χ4n) is 2.20. The van der Waals surface area contributed by atoms with E-state index in [1.807, 2.05) is 41.4 Å². The largest absolute Gasteiger partial charge is 0.497 e. The Hall–Kier alpha value is -1.91. The van der Waals surface area contributed by atoms with Crippen LogP contribution < -0.4 is 9.75 Å². The molecular weight excluding hydrogens is 309 g/mol. The van der Waals surface area contributed by atoms with Gasteiger partial charge in [0.2, 0.25) is 0 Å². The first-order valence-corrected chi connectivity index (χ1v) is 7.08. The highest BCUT2D eigenvalue weighted by molar-refractivity contribution is 6.35. The van der Waals surface area contributed by atoms with E-state index in [1.54, 1.807) is 19.5 Å². The normalized spacial score (nSPS) is 13.8. The number of hydrazine groups is 1. The van der Waals surface area contributed by atoms with Crippen LogP contribution in [0, 0.1) is 0 Å². The third kappa shape index (κ3) is 2.77. The Bertz CT molecular complexity index is 676. The molecule has 1 aliphatic rings. The molecule has 6 heteroatoms. The van der Waals surface area contributed by atoms with E-state index in [-0.39, 0.29) is 0 Å². The van der Waals surface area contributed by atoms with Crippen LogP contribution in [0.25, 0.3) is 6.08 Å². The molecule has 3 rings (SSSR count). The molecule has 0 saturated heterocycles. The second kappa shape index (κ2) is 5.84. The number of benzene rings is 1. The smallest absolute Gasteiger partial charge is 0.142 e. The average molecular weight is 322 g/mol. The fraction of sp³-hybridized carbons (Fsp3) is 0.133. The molecule has 1 aromatic heterocycles. The Balaban J connectivity index is 2.01. The van der Waals surface area contributed by atoms with E-state index < -0.39 is 0 Å². The van der Waals surface area contributed by atoms with Crippen LogP contribution in [0.2, 0.25) is 0 Å². The minimum absolute atomic E-state index is 0.448. The van der Waals surface area contributed by atoms with Crippen LogP contribution in [0.1, 0.15) is 11.1 Å². The molecule has 0 unspecified atom stereocenters. The van der Waals surface area contributed by atoms with Crippen molar-refractivity contribution in [2.24, 2.45) is 0 Å². The Morgan fingerprint density at radius 1 is 1.19 bits per heavy atom. The first kappa shape index (κ1) is 14.0. The summed E-state index contributed by atoms with van der Waals surface area (Å²) in [7, 11) is 1.64. The van der Waals surface area contributed by atoms with Crippen molar-refractivity contribution in [3.63, 3.8) is 0 Å². The number of rotatable bonds is 3. The first-order chi connectivity index (χ1) is 10.2. The molecule has 2 aromatic rings. The lowest BCUT2D eigenvalue weighted by Crippen LogP contribution is -2.36. The number of nitrogens with zero attached hydrogens (tertiary/aromatic N) is 3. The van der Waals surface area contributed by atoms with Crippen molar-refractivity contribution in [3.05, 3.63) is 59.0 Å². The lowest BCUT2D eigenvalue weighted by Gasteiger charge is -2.36. The van der Waals surface area contributed by atoms with Gasteiger partial charge in [0, 0.05) is 35.8 Å². The molecule has 0 radical (unpaired) electrons. The molecule has 0 spiro atoms. The number of anilines is 1. The molecule has 4 nitrogen and oxygen atoms in total. The number of ether oxygens (including phenoxy) is 1. The van der Waals surface area contributed by atoms with Gasteiger partial charge >= 0.3 is 0 Å². The highest BCUT2D eigenvalue weighted by Crippen LogP contribution is 2.37. The lowest BCUT2D eigenvalue weighted by molar-refractivity contribution is 0.413. The minimum atomic E-state index is 0.448. The Morgan fingerprint density at radius 2 is 1.95 bits per heavy atom. The molecule has 1 aliphatic heterocycles. The summed E-state index contributed by atoms with van der Waals surface area (Å²) >= 11 is 12.5. The number of fused-ring (bicyclic) bond motifs is 1. The summed E-state index contributed by atoms with van der Waals surface area (Å²) in [5.41, 5.74) is 3.01. The van der Waals surface area contributed by atoms with E-state index in [0.29, 0.717) is 11.7 Å². The second-order valence-corrected chi connectivity index (χ2v) is 5.27. The van der Waals surface area contributed by atoms with Gasteiger partial charge in [-0.05, 0) is 35.9 Å². The predicted octanol–water partition coefficient (Wildman–Crippen LogP) is 4.02. The summed E-state index contributed by atoms with van der Waals surface area (Å²) in [5, 5.41) is 2.33. The highest BCUT2D eigenvalue weighted by atomic mass is 35.5. The van der Waals surface area contributed by atoms with Crippen molar-refractivity contribution in [2.45, 2.75) is 6.54 Å². The van der Waals surface area contributed by atoms with Crippen molar-refractivity contribution >= 4 is 35.1 Å². The SMILES string of the molecule is COc1ccc2c(c1)N(Cc1ccncc1)N(Cl)C(Cl)=C2. The number of hydrogen-bond donors (Lipinski definition) is 0. The van der Waals surface area contributed by atoms with Gasteiger partial charge in [-0.3, -0.25) is 9.99 Å². The van der Waals surface area contributed by atoms with Crippen LogP contribution >= 0.6 is 23.4 Å². The van der Waals surface area contributed by atoms with Crippen LogP contribution in [0.4, 0.5) is 5.69 Å². The maximum Gasteiger partial charge on any atom is 0.142 e. The summed E-state index contributed by atoms with van der Waals surface area (Å²) < 4.78 is 6.70. The van der Waals surface area contributed by atoms with Crippen LogP contribution in [0.15, 0.2) is 47.9 Å². The molecular formula is C15H13Cl2N3O. The second-order valence-electron chi connectivity index (χ2n) is 4.57. The maximum atomic E-state index is 6.31. The molecule has 21 heavy (non-hydrogen) atoms. The van der Waals surface area contributed by atoms with E-state index in [4.69, 9.17) is 28.1 Å². The number of halogens is 2. The molecule has 2 heterocycles. The van der Waals surface area contributed by atoms with E-state index >= 15 is 0 Å². The lowest BCUT2D eigenvalue weighted by atomic mass is 10.1. The molecule has 0 N–H and O–H groups in total. The molecule has 0 fully saturated rings. The van der Waals surface area contributed by atoms with Crippen molar-refractivity contribution in [1.29, 1.82) is 0 Å². The van der Waals surface area contributed by atoms with E-state index in [0.717, 1.165) is 22.6 Å². The molecule has 0 amide bonds. The maximum absolute atomic E-state index is 6.31. The number of hydrogen-bond acceptors (Lipinski definition) is 4. The van der Waals surface area contributed by atoms with Crippen molar-refractivity contribution < 1.29 is 4.74 Å². The van der Waals surface area contributed by atoms with Gasteiger partial charge < -0.3 is 4.74 Å². The Kier molecular flexibility index (Phi) is 3.90. The third-order valence-electron chi connectivity index (χ3n) is 3.26. The Morgan fingerprint density at radius 3 is 2.67 bits per heavy atom. The van der Waals surface area contributed by atoms with Crippen LogP contribution in [0.3, 0.4) is 0 Å². The standard InChI is InChI=1S/C15H13Cl2N3O/c1-21-13-3-2-12-8-15(16)20(17)19(14(12)9-13)10-11-4-6-18-7-5-11/h2-9H,10H2,1H3. The van der Waals surface area contributed by atoms with Crippen molar-refractivity contribution in [2.75, 3.05) is 12.1 Å². The summed E-state index contributed by atoms with van der Waals surface area (Å²) in [6, 6.07) is 9.67. The zero-order valence-electron chi connectivity index (χ0n) is 11.3. The van der Waals surface area contributed by atoms with Crippen molar-refractivity contribution in [1.82, 2.24) is 9.51 Å². The molecule has 1 aromatic carbocycles. The number of methoxy groups -OCH3 is 1. The molecule has 0 atom stereocenters. The van der Waals surface area contributed by atoms with Gasteiger partial charge in [-0.15, -0.1) is 0 Å². The highest BCUT2D eigenvalue weighted by Gasteiger charge is 2.24. The fourth-order valence-corrected chi connectivity index (χ4v) is 2.59. The quantitative estimate of drug-likeness (QED) is 0.630. The van der Waals surface area contributed by atoms with Gasteiger partial charge in [-0.2, -0.15) is 4.53 Å². The van der Waals surface area contributed by atoms with E-state index in [9.17, 15) is 0 Å². The number of pyridine rings is 1. The number of aromatic nitrogens is 1. The van der Waals surface area contributed by atoms with Crippen LogP contribution in [0.5, 0.6) is 5.75 Å². The van der Waals surface area contributed by atoms with Gasteiger partial charge in [0.1, 0.15) is 10.9 Å². The molecule has 0 saturated carbocycles. The zero-order valence-corrected chi connectivity index (χ0v) is 12.8. The monoisotopic (exact) mass is 321 g/mol. The topological polar surface area (TPSA) is 28.6 Å². The molecule has 0 bridgehead atoms. The average Bonchev–Trinajstić information content (AvgIpc) is 2.52. The third-order valence-corrected chi connectivity index (χ3v) is 3.98. The van der Waals surface area contributed by atoms with Crippen LogP contribution in [-0.4, -0.2) is 16.6 Å². The van der Waals surface area contributed by atoms with E-state index in [2.05, 4.69) is 4.98 Å².